The standard InChI is InChI=1S/C25H38O3/c1-23-11-8-18(28-22-5-3-4-14-26-22)15-17(23)6-7-19-20(23)9-12-24(2)21(19)10-13-25(24)16-27-25/h6,18-22H,3-5,7-16H2,1-2H3. The van der Waals surface area contributed by atoms with Crippen LogP contribution in [-0.4, -0.2) is 31.2 Å². The Hall–Kier alpha value is -0.380. The van der Waals surface area contributed by atoms with Crippen molar-refractivity contribution in [3.8, 4) is 0 Å². The summed E-state index contributed by atoms with van der Waals surface area (Å²) in [7, 11) is 0. The van der Waals surface area contributed by atoms with E-state index in [1.54, 1.807) is 5.57 Å². The van der Waals surface area contributed by atoms with E-state index >= 15 is 0 Å². The van der Waals surface area contributed by atoms with Crippen molar-refractivity contribution >= 4 is 0 Å². The molecule has 6 aliphatic rings. The summed E-state index contributed by atoms with van der Waals surface area (Å²) in [5, 5.41) is 0. The molecule has 2 aliphatic heterocycles. The molecule has 3 nitrogen and oxygen atoms in total. The third kappa shape index (κ3) is 2.51. The average Bonchev–Trinajstić information content (AvgIpc) is 3.43. The highest BCUT2D eigenvalue weighted by Crippen LogP contribution is 2.70. The first-order chi connectivity index (χ1) is 13.5. The van der Waals surface area contributed by atoms with Crippen LogP contribution in [-0.2, 0) is 14.2 Å². The summed E-state index contributed by atoms with van der Waals surface area (Å²) in [6, 6.07) is 0. The van der Waals surface area contributed by atoms with Crippen LogP contribution in [0.3, 0.4) is 0 Å². The minimum absolute atomic E-state index is 0.0589. The van der Waals surface area contributed by atoms with Gasteiger partial charge in [-0.25, -0.2) is 0 Å². The first-order valence-corrected chi connectivity index (χ1v) is 12.1. The fraction of sp³-hybridized carbons (Fsp3) is 0.920. The fourth-order valence-electron chi connectivity index (χ4n) is 8.43. The second-order valence-corrected chi connectivity index (χ2v) is 11.3. The molecule has 0 bridgehead atoms. The van der Waals surface area contributed by atoms with Gasteiger partial charge in [0.25, 0.3) is 0 Å². The molecule has 5 fully saturated rings. The number of hydrogen-bond donors (Lipinski definition) is 0. The Kier molecular flexibility index (Phi) is 4.15. The molecule has 0 aromatic rings. The molecule has 0 aromatic heterocycles. The van der Waals surface area contributed by atoms with Crippen LogP contribution < -0.4 is 0 Å². The summed E-state index contributed by atoms with van der Waals surface area (Å²) in [5.41, 5.74) is 2.87. The molecule has 3 heteroatoms. The normalized spacial score (nSPS) is 55.2. The van der Waals surface area contributed by atoms with E-state index in [1.165, 1.54) is 57.8 Å². The molecule has 1 spiro atoms. The van der Waals surface area contributed by atoms with Gasteiger partial charge in [-0.05, 0) is 93.8 Å². The molecule has 2 heterocycles. The maximum Gasteiger partial charge on any atom is 0.157 e. The number of rotatable bonds is 2. The number of epoxide rings is 1. The molecule has 28 heavy (non-hydrogen) atoms. The van der Waals surface area contributed by atoms with E-state index in [0.717, 1.165) is 43.8 Å². The number of hydrogen-bond acceptors (Lipinski definition) is 3. The van der Waals surface area contributed by atoms with Crippen molar-refractivity contribution in [3.63, 3.8) is 0 Å². The van der Waals surface area contributed by atoms with Crippen LogP contribution in [0.1, 0.15) is 84.5 Å². The van der Waals surface area contributed by atoms with E-state index in [9.17, 15) is 0 Å². The minimum atomic E-state index is 0.0589. The van der Waals surface area contributed by atoms with Crippen molar-refractivity contribution < 1.29 is 14.2 Å². The molecule has 8 unspecified atom stereocenters. The van der Waals surface area contributed by atoms with Gasteiger partial charge in [-0.2, -0.15) is 0 Å². The summed E-state index contributed by atoms with van der Waals surface area (Å²) in [6.07, 6.45) is 17.1. The third-order valence-electron chi connectivity index (χ3n) is 10.3. The van der Waals surface area contributed by atoms with Gasteiger partial charge in [0.1, 0.15) is 0 Å². The van der Waals surface area contributed by atoms with Gasteiger partial charge in [0.15, 0.2) is 6.29 Å². The van der Waals surface area contributed by atoms with Crippen LogP contribution in [0.2, 0.25) is 0 Å². The highest BCUT2D eigenvalue weighted by Gasteiger charge is 2.69. The molecule has 4 aliphatic carbocycles. The van der Waals surface area contributed by atoms with Crippen molar-refractivity contribution in [1.29, 1.82) is 0 Å². The van der Waals surface area contributed by atoms with Gasteiger partial charge in [0.2, 0.25) is 0 Å². The van der Waals surface area contributed by atoms with Crippen LogP contribution in [0, 0.1) is 28.6 Å². The highest BCUT2D eigenvalue weighted by atomic mass is 16.7. The monoisotopic (exact) mass is 386 g/mol. The second-order valence-electron chi connectivity index (χ2n) is 11.3. The quantitative estimate of drug-likeness (QED) is 0.455. The first kappa shape index (κ1) is 18.4. The van der Waals surface area contributed by atoms with Gasteiger partial charge in [0, 0.05) is 12.0 Å². The minimum Gasteiger partial charge on any atom is -0.369 e. The topological polar surface area (TPSA) is 31.0 Å². The average molecular weight is 387 g/mol. The lowest BCUT2D eigenvalue weighted by atomic mass is 9.47. The maximum atomic E-state index is 6.40. The first-order valence-electron chi connectivity index (χ1n) is 12.1. The van der Waals surface area contributed by atoms with Gasteiger partial charge in [-0.1, -0.05) is 25.5 Å². The van der Waals surface area contributed by atoms with Crippen molar-refractivity contribution in [2.45, 2.75) is 102 Å². The van der Waals surface area contributed by atoms with Crippen molar-refractivity contribution in [3.05, 3.63) is 11.6 Å². The summed E-state index contributed by atoms with van der Waals surface area (Å²) in [4.78, 5) is 0. The maximum absolute atomic E-state index is 6.40. The highest BCUT2D eigenvalue weighted by molar-refractivity contribution is 5.27. The Labute approximate surface area is 170 Å². The van der Waals surface area contributed by atoms with Gasteiger partial charge in [-0.3, -0.25) is 0 Å². The second kappa shape index (κ2) is 6.31. The van der Waals surface area contributed by atoms with Crippen LogP contribution in [0.25, 0.3) is 0 Å². The summed E-state index contributed by atoms with van der Waals surface area (Å²) in [5.74, 6) is 2.65. The molecule has 2 saturated heterocycles. The van der Waals surface area contributed by atoms with Crippen LogP contribution in [0.15, 0.2) is 11.6 Å². The van der Waals surface area contributed by atoms with Crippen molar-refractivity contribution in [2.75, 3.05) is 13.2 Å². The molecule has 6 rings (SSSR count). The molecular formula is C25H38O3. The van der Waals surface area contributed by atoms with Crippen molar-refractivity contribution in [2.24, 2.45) is 28.6 Å². The van der Waals surface area contributed by atoms with Crippen molar-refractivity contribution in [1.82, 2.24) is 0 Å². The zero-order valence-electron chi connectivity index (χ0n) is 17.9. The molecule has 0 N–H and O–H groups in total. The number of ether oxygens (including phenoxy) is 3. The smallest absolute Gasteiger partial charge is 0.157 e. The van der Waals surface area contributed by atoms with E-state index in [-0.39, 0.29) is 11.9 Å². The number of allylic oxidation sites excluding steroid dienone is 1. The number of fused-ring (bicyclic) bond motifs is 6. The largest absolute Gasteiger partial charge is 0.369 e. The molecule has 8 atom stereocenters. The van der Waals surface area contributed by atoms with Gasteiger partial charge in [-0.15, -0.1) is 0 Å². The summed E-state index contributed by atoms with van der Waals surface area (Å²) < 4.78 is 18.3. The Morgan fingerprint density at radius 1 is 1.00 bits per heavy atom. The summed E-state index contributed by atoms with van der Waals surface area (Å²) in [6.45, 7) is 7.10. The van der Waals surface area contributed by atoms with Gasteiger partial charge >= 0.3 is 0 Å². The molecule has 156 valence electrons. The van der Waals surface area contributed by atoms with Crippen LogP contribution in [0.4, 0.5) is 0 Å². The van der Waals surface area contributed by atoms with Gasteiger partial charge < -0.3 is 14.2 Å². The van der Waals surface area contributed by atoms with Crippen LogP contribution >= 0.6 is 0 Å². The van der Waals surface area contributed by atoms with Gasteiger partial charge in [0.05, 0.1) is 18.3 Å². The van der Waals surface area contributed by atoms with Crippen LogP contribution in [0.5, 0.6) is 0 Å². The molecule has 3 saturated carbocycles. The van der Waals surface area contributed by atoms with E-state index < -0.39 is 0 Å². The van der Waals surface area contributed by atoms with E-state index in [4.69, 9.17) is 14.2 Å². The lowest BCUT2D eigenvalue weighted by Crippen LogP contribution is -2.52. The predicted molar refractivity (Wildman–Crippen MR) is 109 cm³/mol. The molecule has 0 aromatic carbocycles. The van der Waals surface area contributed by atoms with E-state index in [1.807, 2.05) is 0 Å². The Morgan fingerprint density at radius 3 is 2.64 bits per heavy atom. The molecule has 0 amide bonds. The lowest BCUT2D eigenvalue weighted by Gasteiger charge is -2.58. The van der Waals surface area contributed by atoms with E-state index in [0.29, 0.717) is 16.9 Å². The summed E-state index contributed by atoms with van der Waals surface area (Å²) >= 11 is 0. The SMILES string of the molecule is CC12CCC(OC3CCCCO3)CC1=CCC1C2CCC2(C)C1CCC21CO1. The fourth-order valence-corrected chi connectivity index (χ4v) is 8.43. The van der Waals surface area contributed by atoms with E-state index in [2.05, 4.69) is 19.9 Å². The Bertz CT molecular complexity index is 661. The molecule has 0 radical (unpaired) electrons. The Balaban J connectivity index is 1.20. The molecular weight excluding hydrogens is 348 g/mol. The predicted octanol–water partition coefficient (Wildman–Crippen LogP) is 5.63. The Morgan fingerprint density at radius 2 is 1.86 bits per heavy atom. The third-order valence-corrected chi connectivity index (χ3v) is 10.3. The zero-order chi connectivity index (χ0) is 19.0. The zero-order valence-corrected chi connectivity index (χ0v) is 17.9. The lowest BCUT2D eigenvalue weighted by molar-refractivity contribution is -0.195.